The van der Waals surface area contributed by atoms with Crippen molar-refractivity contribution in [1.29, 1.82) is 0 Å². The smallest absolute Gasteiger partial charge is 0.257 e. The normalized spacial score (nSPS) is 13.5. The topological polar surface area (TPSA) is 62.5 Å². The molecule has 1 unspecified atom stereocenters. The maximum absolute atomic E-state index is 13.7. The highest BCUT2D eigenvalue weighted by Gasteiger charge is 2.34. The van der Waals surface area contributed by atoms with Crippen LogP contribution in [0.3, 0.4) is 0 Å². The summed E-state index contributed by atoms with van der Waals surface area (Å²) in [6.07, 6.45) is 2.75. The van der Waals surface area contributed by atoms with Gasteiger partial charge in [0.05, 0.1) is 19.1 Å². The molecule has 0 fully saturated rings. The summed E-state index contributed by atoms with van der Waals surface area (Å²) in [5, 5.41) is 15.2. The molecule has 2 heterocycles. The number of hydrogen-bond acceptors (Lipinski definition) is 4. The lowest BCUT2D eigenvalue weighted by atomic mass is 9.94. The maximum atomic E-state index is 13.7. The van der Waals surface area contributed by atoms with E-state index in [0.29, 0.717) is 10.4 Å². The summed E-state index contributed by atoms with van der Waals surface area (Å²) in [7, 11) is 0. The number of thiophene rings is 1. The number of carbonyl (C=O) groups excluding carboxylic acids is 1. The summed E-state index contributed by atoms with van der Waals surface area (Å²) in [4.78, 5) is 12.7. The molecule has 24 heavy (non-hydrogen) atoms. The van der Waals surface area contributed by atoms with Crippen molar-refractivity contribution in [2.45, 2.75) is 5.60 Å². The van der Waals surface area contributed by atoms with Gasteiger partial charge in [-0.1, -0.05) is 12.1 Å². The maximum Gasteiger partial charge on any atom is 0.257 e. The SMILES string of the molecule is O=C(NCC(O)(c1ccoc1)c1cccs1)c1c(F)cccc1F. The van der Waals surface area contributed by atoms with Gasteiger partial charge in [-0.05, 0) is 29.6 Å². The molecular weight excluding hydrogens is 336 g/mol. The van der Waals surface area contributed by atoms with Crippen molar-refractivity contribution in [1.82, 2.24) is 5.32 Å². The summed E-state index contributed by atoms with van der Waals surface area (Å²) >= 11 is 1.29. The molecule has 7 heteroatoms. The average molecular weight is 349 g/mol. The van der Waals surface area contributed by atoms with Crippen LogP contribution >= 0.6 is 11.3 Å². The Morgan fingerprint density at radius 2 is 1.96 bits per heavy atom. The molecule has 3 rings (SSSR count). The Balaban J connectivity index is 1.86. The molecule has 0 aliphatic rings. The first-order chi connectivity index (χ1) is 11.5. The summed E-state index contributed by atoms with van der Waals surface area (Å²) in [5.74, 6) is -2.87. The fourth-order valence-electron chi connectivity index (χ4n) is 2.36. The van der Waals surface area contributed by atoms with Crippen molar-refractivity contribution in [2.24, 2.45) is 0 Å². The Labute approximate surface area is 140 Å². The number of carbonyl (C=O) groups is 1. The Kier molecular flexibility index (Phi) is 4.46. The van der Waals surface area contributed by atoms with Gasteiger partial charge in [0.15, 0.2) is 0 Å². The van der Waals surface area contributed by atoms with Crippen LogP contribution in [0.25, 0.3) is 0 Å². The molecule has 2 N–H and O–H groups in total. The molecule has 1 atom stereocenters. The van der Waals surface area contributed by atoms with Crippen LogP contribution in [-0.2, 0) is 5.60 Å². The molecule has 3 aromatic rings. The number of benzene rings is 1. The third kappa shape index (κ3) is 2.95. The lowest BCUT2D eigenvalue weighted by Gasteiger charge is -2.26. The van der Waals surface area contributed by atoms with Crippen LogP contribution in [0.1, 0.15) is 20.8 Å². The fraction of sp³-hybridized carbons (Fsp3) is 0.118. The van der Waals surface area contributed by atoms with Gasteiger partial charge in [-0.2, -0.15) is 0 Å². The predicted octanol–water partition coefficient (Wildman–Crippen LogP) is 3.29. The quantitative estimate of drug-likeness (QED) is 0.743. The molecule has 0 spiro atoms. The number of halogens is 2. The zero-order valence-electron chi connectivity index (χ0n) is 12.3. The van der Waals surface area contributed by atoms with Crippen molar-refractivity contribution >= 4 is 17.2 Å². The van der Waals surface area contributed by atoms with Gasteiger partial charge in [0, 0.05) is 10.4 Å². The Morgan fingerprint density at radius 1 is 1.21 bits per heavy atom. The molecule has 124 valence electrons. The minimum absolute atomic E-state index is 0.264. The van der Waals surface area contributed by atoms with Gasteiger partial charge in [0.1, 0.15) is 22.8 Å². The van der Waals surface area contributed by atoms with E-state index in [4.69, 9.17) is 4.42 Å². The molecule has 0 saturated carbocycles. The van der Waals surface area contributed by atoms with E-state index < -0.39 is 28.7 Å². The average Bonchev–Trinajstić information content (AvgIpc) is 3.25. The van der Waals surface area contributed by atoms with E-state index in [1.54, 1.807) is 23.6 Å². The Hall–Kier alpha value is -2.51. The van der Waals surface area contributed by atoms with Gasteiger partial charge in [0.2, 0.25) is 0 Å². The number of aliphatic hydroxyl groups is 1. The van der Waals surface area contributed by atoms with Crippen molar-refractivity contribution in [3.05, 3.63) is 81.9 Å². The lowest BCUT2D eigenvalue weighted by molar-refractivity contribution is 0.0709. The summed E-state index contributed by atoms with van der Waals surface area (Å²) < 4.78 is 32.4. The summed E-state index contributed by atoms with van der Waals surface area (Å²) in [5.41, 5.74) is -1.81. The second-order valence-corrected chi connectivity index (χ2v) is 6.08. The highest BCUT2D eigenvalue weighted by molar-refractivity contribution is 7.10. The van der Waals surface area contributed by atoms with Gasteiger partial charge in [0.25, 0.3) is 5.91 Å². The van der Waals surface area contributed by atoms with Crippen molar-refractivity contribution in [3.63, 3.8) is 0 Å². The molecule has 2 aromatic heterocycles. The highest BCUT2D eigenvalue weighted by atomic mass is 32.1. The summed E-state index contributed by atoms with van der Waals surface area (Å²) in [6.45, 7) is -0.264. The van der Waals surface area contributed by atoms with Crippen LogP contribution in [0.15, 0.2) is 58.7 Å². The van der Waals surface area contributed by atoms with E-state index in [-0.39, 0.29) is 6.54 Å². The molecule has 0 saturated heterocycles. The van der Waals surface area contributed by atoms with Gasteiger partial charge in [-0.25, -0.2) is 8.78 Å². The number of nitrogens with one attached hydrogen (secondary N) is 1. The van der Waals surface area contributed by atoms with E-state index in [1.165, 1.54) is 29.9 Å². The predicted molar refractivity (Wildman–Crippen MR) is 84.7 cm³/mol. The van der Waals surface area contributed by atoms with Gasteiger partial charge in [-0.3, -0.25) is 4.79 Å². The first kappa shape index (κ1) is 16.4. The van der Waals surface area contributed by atoms with E-state index in [2.05, 4.69) is 5.32 Å². The Bertz CT molecular complexity index is 777. The minimum atomic E-state index is -1.56. The summed E-state index contributed by atoms with van der Waals surface area (Å²) in [6, 6.07) is 8.19. The van der Waals surface area contributed by atoms with Gasteiger partial charge in [-0.15, -0.1) is 11.3 Å². The second-order valence-electron chi connectivity index (χ2n) is 5.13. The molecule has 1 aromatic carbocycles. The van der Waals surface area contributed by atoms with E-state index in [0.717, 1.165) is 12.1 Å². The molecule has 4 nitrogen and oxygen atoms in total. The van der Waals surface area contributed by atoms with E-state index in [9.17, 15) is 18.7 Å². The Morgan fingerprint density at radius 3 is 2.54 bits per heavy atom. The van der Waals surface area contributed by atoms with Crippen LogP contribution in [0.4, 0.5) is 8.78 Å². The number of hydrogen-bond donors (Lipinski definition) is 2. The van der Waals surface area contributed by atoms with Crippen LogP contribution < -0.4 is 5.32 Å². The molecule has 0 aliphatic heterocycles. The zero-order valence-corrected chi connectivity index (χ0v) is 13.1. The molecule has 1 amide bonds. The monoisotopic (exact) mass is 349 g/mol. The lowest BCUT2D eigenvalue weighted by Crippen LogP contribution is -2.41. The molecule has 0 bridgehead atoms. The standard InChI is InChI=1S/C17H13F2NO3S/c18-12-3-1-4-13(19)15(12)16(21)20-10-17(22,11-6-7-23-9-11)14-5-2-8-24-14/h1-9,22H,10H2,(H,20,21). The minimum Gasteiger partial charge on any atom is -0.472 e. The number of rotatable bonds is 5. The van der Waals surface area contributed by atoms with Crippen LogP contribution in [0.2, 0.25) is 0 Å². The van der Waals surface area contributed by atoms with Gasteiger partial charge < -0.3 is 14.8 Å². The zero-order chi connectivity index (χ0) is 17.2. The van der Waals surface area contributed by atoms with Crippen molar-refractivity contribution < 1.29 is 23.1 Å². The van der Waals surface area contributed by atoms with E-state index >= 15 is 0 Å². The van der Waals surface area contributed by atoms with Crippen LogP contribution in [0.5, 0.6) is 0 Å². The second kappa shape index (κ2) is 6.54. The number of amides is 1. The van der Waals surface area contributed by atoms with Crippen LogP contribution in [-0.4, -0.2) is 17.6 Å². The van der Waals surface area contributed by atoms with E-state index in [1.807, 2.05) is 0 Å². The van der Waals surface area contributed by atoms with Crippen molar-refractivity contribution in [2.75, 3.05) is 6.54 Å². The first-order valence-corrected chi connectivity index (χ1v) is 7.91. The highest BCUT2D eigenvalue weighted by Crippen LogP contribution is 2.32. The molecular formula is C17H13F2NO3S. The fourth-order valence-corrected chi connectivity index (χ4v) is 3.20. The van der Waals surface area contributed by atoms with Crippen LogP contribution in [0, 0.1) is 11.6 Å². The first-order valence-electron chi connectivity index (χ1n) is 7.03. The third-order valence-electron chi connectivity index (χ3n) is 3.62. The molecule has 0 aliphatic carbocycles. The van der Waals surface area contributed by atoms with Crippen molar-refractivity contribution in [3.8, 4) is 0 Å². The third-order valence-corrected chi connectivity index (χ3v) is 4.64. The molecule has 0 radical (unpaired) electrons. The largest absolute Gasteiger partial charge is 0.472 e. The van der Waals surface area contributed by atoms with Gasteiger partial charge >= 0.3 is 0 Å². The number of furan rings is 1.